The quantitative estimate of drug-likeness (QED) is 0.501. The molecule has 0 radical (unpaired) electrons. The number of amides is 1. The van der Waals surface area contributed by atoms with Crippen molar-refractivity contribution in [2.24, 2.45) is 0 Å². The van der Waals surface area contributed by atoms with E-state index in [1.807, 2.05) is 0 Å². The molecule has 2 saturated heterocycles. The van der Waals surface area contributed by atoms with E-state index in [2.05, 4.69) is 0 Å². The van der Waals surface area contributed by atoms with Gasteiger partial charge < -0.3 is 14.7 Å². The molecule has 2 aliphatic heterocycles. The number of ketones is 1. The molecule has 1 amide bonds. The number of rotatable bonds is 4. The van der Waals surface area contributed by atoms with E-state index in [1.54, 1.807) is 30.3 Å². The van der Waals surface area contributed by atoms with E-state index in [-0.39, 0.29) is 24.0 Å². The molecule has 0 saturated carbocycles. The van der Waals surface area contributed by atoms with Crippen LogP contribution in [0.5, 0.6) is 0 Å². The molecule has 2 heterocycles. The van der Waals surface area contributed by atoms with Gasteiger partial charge in [0, 0.05) is 18.7 Å². The smallest absolute Gasteiger partial charge is 0.295 e. The van der Waals surface area contributed by atoms with Crippen LogP contribution in [0, 0.1) is 5.82 Å². The maximum atomic E-state index is 13.4. The Morgan fingerprint density at radius 2 is 1.82 bits per heavy atom. The second-order valence-electron chi connectivity index (χ2n) is 7.00. The number of likely N-dealkylation sites (tertiary alicyclic amines) is 1. The van der Waals surface area contributed by atoms with Crippen LogP contribution in [-0.4, -0.2) is 41.0 Å². The molecule has 1 N–H and O–H groups in total. The molecule has 2 atom stereocenters. The summed E-state index contributed by atoms with van der Waals surface area (Å²) in [5, 5.41) is 10.8. The van der Waals surface area contributed by atoms with E-state index in [0.717, 1.165) is 12.8 Å². The monoisotopic (exact) mass is 381 g/mol. The third-order valence-corrected chi connectivity index (χ3v) is 5.20. The van der Waals surface area contributed by atoms with Gasteiger partial charge in [0.15, 0.2) is 0 Å². The molecule has 2 aromatic rings. The number of carbonyl (C=O) groups excluding carboxylic acids is 2. The number of hydrogen-bond donors (Lipinski definition) is 1. The van der Waals surface area contributed by atoms with Gasteiger partial charge in [-0.2, -0.15) is 0 Å². The summed E-state index contributed by atoms with van der Waals surface area (Å²) in [6.07, 6.45) is 1.55. The third-order valence-electron chi connectivity index (χ3n) is 5.20. The van der Waals surface area contributed by atoms with Crippen molar-refractivity contribution in [3.8, 4) is 0 Å². The Kier molecular flexibility index (Phi) is 4.96. The summed E-state index contributed by atoms with van der Waals surface area (Å²) in [4.78, 5) is 27.1. The Bertz CT molecular complexity index is 917. The minimum atomic E-state index is -0.787. The second-order valence-corrected chi connectivity index (χ2v) is 7.00. The molecular formula is C22H20FNO4. The summed E-state index contributed by atoms with van der Waals surface area (Å²) in [6.45, 7) is 0.873. The third kappa shape index (κ3) is 3.31. The average molecular weight is 381 g/mol. The van der Waals surface area contributed by atoms with Crippen LogP contribution in [0.2, 0.25) is 0 Å². The first-order valence-corrected chi connectivity index (χ1v) is 9.27. The molecule has 6 heteroatoms. The van der Waals surface area contributed by atoms with Gasteiger partial charge in [0.25, 0.3) is 11.7 Å². The van der Waals surface area contributed by atoms with Gasteiger partial charge in [-0.1, -0.05) is 42.5 Å². The molecule has 2 aromatic carbocycles. The van der Waals surface area contributed by atoms with Crippen molar-refractivity contribution < 1.29 is 23.8 Å². The molecule has 0 aromatic heterocycles. The Morgan fingerprint density at radius 1 is 1.11 bits per heavy atom. The van der Waals surface area contributed by atoms with Crippen LogP contribution in [0.25, 0.3) is 5.76 Å². The van der Waals surface area contributed by atoms with Crippen molar-refractivity contribution in [3.05, 3.63) is 77.1 Å². The molecule has 0 bridgehead atoms. The number of ether oxygens (including phenoxy) is 1. The highest BCUT2D eigenvalue weighted by Crippen LogP contribution is 2.40. The number of Topliss-reactive ketones (excluding diaryl/α,β-unsaturated/α-hetero) is 1. The number of benzene rings is 2. The highest BCUT2D eigenvalue weighted by atomic mass is 19.1. The van der Waals surface area contributed by atoms with Gasteiger partial charge in [-0.3, -0.25) is 9.59 Å². The van der Waals surface area contributed by atoms with Crippen molar-refractivity contribution in [3.63, 3.8) is 0 Å². The standard InChI is InChI=1S/C22H20FNO4/c23-16-10-8-14(9-11-16)19-18(20(25)15-5-2-1-3-6-15)21(26)22(27)24(19)13-17-7-4-12-28-17/h1-3,5-6,8-11,17,19,25H,4,7,12-13H2/b20-18+/t17-,19+/m0/s1. The van der Waals surface area contributed by atoms with Gasteiger partial charge in [0.1, 0.15) is 11.6 Å². The van der Waals surface area contributed by atoms with Crippen LogP contribution in [-0.2, 0) is 14.3 Å². The average Bonchev–Trinajstić information content (AvgIpc) is 3.31. The Balaban J connectivity index is 1.81. The zero-order chi connectivity index (χ0) is 19.7. The predicted molar refractivity (Wildman–Crippen MR) is 101 cm³/mol. The molecule has 144 valence electrons. The van der Waals surface area contributed by atoms with E-state index < -0.39 is 23.5 Å². The van der Waals surface area contributed by atoms with Gasteiger partial charge in [0.05, 0.1) is 17.7 Å². The van der Waals surface area contributed by atoms with Crippen LogP contribution < -0.4 is 0 Å². The molecule has 4 rings (SSSR count). The summed E-state index contributed by atoms with van der Waals surface area (Å²) >= 11 is 0. The van der Waals surface area contributed by atoms with Crippen molar-refractivity contribution in [2.75, 3.05) is 13.2 Å². The molecule has 0 unspecified atom stereocenters. The van der Waals surface area contributed by atoms with E-state index in [1.165, 1.54) is 29.2 Å². The van der Waals surface area contributed by atoms with Crippen LogP contribution in [0.15, 0.2) is 60.2 Å². The molecule has 0 aliphatic carbocycles. The minimum absolute atomic E-state index is 0.0146. The maximum absolute atomic E-state index is 13.4. The lowest BCUT2D eigenvalue weighted by atomic mass is 9.95. The van der Waals surface area contributed by atoms with Crippen LogP contribution in [0.4, 0.5) is 4.39 Å². The predicted octanol–water partition coefficient (Wildman–Crippen LogP) is 3.43. The lowest BCUT2D eigenvalue weighted by Gasteiger charge is -2.27. The van der Waals surface area contributed by atoms with Gasteiger partial charge in [-0.05, 0) is 30.5 Å². The number of aliphatic hydroxyl groups is 1. The summed E-state index contributed by atoms with van der Waals surface area (Å²) in [7, 11) is 0. The SMILES string of the molecule is O=C1C(=O)N(C[C@@H]2CCCO2)[C@H](c2ccc(F)cc2)/C1=C(\O)c1ccccc1. The largest absolute Gasteiger partial charge is 0.507 e. The number of carbonyl (C=O) groups is 2. The lowest BCUT2D eigenvalue weighted by molar-refractivity contribution is -0.140. The van der Waals surface area contributed by atoms with Crippen LogP contribution >= 0.6 is 0 Å². The molecular weight excluding hydrogens is 361 g/mol. The van der Waals surface area contributed by atoms with Gasteiger partial charge in [-0.25, -0.2) is 4.39 Å². The highest BCUT2D eigenvalue weighted by molar-refractivity contribution is 6.46. The van der Waals surface area contributed by atoms with Gasteiger partial charge in [0.2, 0.25) is 0 Å². The fourth-order valence-corrected chi connectivity index (χ4v) is 3.82. The van der Waals surface area contributed by atoms with E-state index >= 15 is 0 Å². The fraction of sp³-hybridized carbons (Fsp3) is 0.273. The van der Waals surface area contributed by atoms with E-state index in [0.29, 0.717) is 17.7 Å². The first-order valence-electron chi connectivity index (χ1n) is 9.27. The van der Waals surface area contributed by atoms with E-state index in [9.17, 15) is 19.1 Å². The normalized spacial score (nSPS) is 24.1. The Hall–Kier alpha value is -2.99. The zero-order valence-electron chi connectivity index (χ0n) is 15.2. The van der Waals surface area contributed by atoms with Crippen molar-refractivity contribution in [2.45, 2.75) is 25.0 Å². The molecule has 2 aliphatic rings. The van der Waals surface area contributed by atoms with Crippen LogP contribution in [0.1, 0.15) is 30.0 Å². The van der Waals surface area contributed by atoms with Crippen LogP contribution in [0.3, 0.4) is 0 Å². The summed E-state index contributed by atoms with van der Waals surface area (Å²) in [5.41, 5.74) is 1.03. The molecule has 2 fully saturated rings. The molecule has 0 spiro atoms. The number of hydrogen-bond acceptors (Lipinski definition) is 4. The topological polar surface area (TPSA) is 66.8 Å². The number of nitrogens with zero attached hydrogens (tertiary/aromatic N) is 1. The fourth-order valence-electron chi connectivity index (χ4n) is 3.82. The summed E-state index contributed by atoms with van der Waals surface area (Å²) in [6, 6.07) is 13.5. The molecule has 5 nitrogen and oxygen atoms in total. The van der Waals surface area contributed by atoms with Crippen molar-refractivity contribution >= 4 is 17.4 Å². The highest BCUT2D eigenvalue weighted by Gasteiger charge is 2.47. The Morgan fingerprint density at radius 3 is 2.46 bits per heavy atom. The van der Waals surface area contributed by atoms with E-state index in [4.69, 9.17) is 4.74 Å². The number of aliphatic hydroxyl groups excluding tert-OH is 1. The molecule has 28 heavy (non-hydrogen) atoms. The van der Waals surface area contributed by atoms with Crippen molar-refractivity contribution in [1.82, 2.24) is 4.90 Å². The van der Waals surface area contributed by atoms with Gasteiger partial charge >= 0.3 is 0 Å². The summed E-state index contributed by atoms with van der Waals surface area (Å²) < 4.78 is 19.1. The second kappa shape index (κ2) is 7.56. The maximum Gasteiger partial charge on any atom is 0.295 e. The first-order chi connectivity index (χ1) is 13.6. The van der Waals surface area contributed by atoms with Gasteiger partial charge in [-0.15, -0.1) is 0 Å². The lowest BCUT2D eigenvalue weighted by Crippen LogP contribution is -2.36. The zero-order valence-corrected chi connectivity index (χ0v) is 15.2. The number of halogens is 1. The Labute approximate surface area is 162 Å². The minimum Gasteiger partial charge on any atom is -0.507 e. The summed E-state index contributed by atoms with van der Waals surface area (Å²) in [5.74, 6) is -2.07. The first kappa shape index (κ1) is 18.4. The van der Waals surface area contributed by atoms with Crippen molar-refractivity contribution in [1.29, 1.82) is 0 Å².